The van der Waals surface area contributed by atoms with Crippen molar-refractivity contribution in [3.8, 4) is 0 Å². The molecule has 15 rings (SSSR count). The van der Waals surface area contributed by atoms with Gasteiger partial charge in [0.2, 0.25) is 0 Å². The van der Waals surface area contributed by atoms with Crippen LogP contribution in [0.5, 0.6) is 0 Å². The molecular formula is C78H136O22. The number of rotatable bonds is 15. The molecule has 580 valence electrons. The van der Waals surface area contributed by atoms with Crippen molar-refractivity contribution in [1.82, 2.24) is 0 Å². The second-order valence-electron chi connectivity index (χ2n) is 30.9. The van der Waals surface area contributed by atoms with Crippen molar-refractivity contribution in [1.29, 1.82) is 0 Å². The minimum atomic E-state index is -0.801. The van der Waals surface area contributed by atoms with Crippen molar-refractivity contribution in [2.75, 3.05) is 0 Å². The minimum Gasteiger partial charge on any atom is -0.462 e. The molecule has 22 nitrogen and oxygen atoms in total. The van der Waals surface area contributed by atoms with Crippen molar-refractivity contribution in [3.63, 3.8) is 0 Å². The molecular weight excluding hydrogens is 1290 g/mol. The summed E-state index contributed by atoms with van der Waals surface area (Å²) in [6.07, 6.45) is 7.92. The lowest BCUT2D eigenvalue weighted by atomic mass is 9.73. The fourth-order valence-corrected chi connectivity index (χ4v) is 17.0. The summed E-state index contributed by atoms with van der Waals surface area (Å²) in [6, 6.07) is 0. The average molecular weight is 1430 g/mol. The highest BCUT2D eigenvalue weighted by Gasteiger charge is 2.74. The van der Waals surface area contributed by atoms with Gasteiger partial charge in [0.05, 0.1) is 46.0 Å². The highest BCUT2D eigenvalue weighted by atomic mass is 16.7. The van der Waals surface area contributed by atoms with Crippen molar-refractivity contribution >= 4 is 59.7 Å². The maximum Gasteiger partial charge on any atom is 0.316 e. The van der Waals surface area contributed by atoms with E-state index >= 15 is 0 Å². The molecule has 9 saturated heterocycles. The van der Waals surface area contributed by atoms with E-state index in [4.69, 9.17) is 56.8 Å². The van der Waals surface area contributed by atoms with Gasteiger partial charge < -0.3 is 56.8 Å². The zero-order valence-corrected chi connectivity index (χ0v) is 55.1. The van der Waals surface area contributed by atoms with Crippen LogP contribution in [0.3, 0.4) is 0 Å². The lowest BCUT2D eigenvalue weighted by Crippen LogP contribution is -2.51. The third-order valence-electron chi connectivity index (χ3n) is 24.4. The molecule has 15 aliphatic rings. The number of ether oxygens (including phenoxy) is 12. The molecule has 27 atom stereocenters. The topological polar surface area (TPSA) is 281 Å². The van der Waals surface area contributed by atoms with E-state index in [1.807, 2.05) is 104 Å². The Labute approximate surface area is 601 Å². The van der Waals surface area contributed by atoms with E-state index in [1.54, 1.807) is 0 Å². The molecule has 6 saturated carbocycles. The van der Waals surface area contributed by atoms with E-state index in [2.05, 4.69) is 0 Å². The molecule has 0 N–H and O–H groups in total. The van der Waals surface area contributed by atoms with Gasteiger partial charge >= 0.3 is 59.7 Å². The van der Waals surface area contributed by atoms with E-state index in [0.717, 1.165) is 64.2 Å². The quantitative estimate of drug-likeness (QED) is 0.109. The van der Waals surface area contributed by atoms with Gasteiger partial charge in [-0.15, -0.1) is 0 Å². The van der Waals surface area contributed by atoms with Crippen LogP contribution in [-0.2, 0) is 105 Å². The minimum absolute atomic E-state index is 0. The SMILES string of the molecule is C.C.C.C.C.C.C.C.C.C.CCC(C)(C)C(=O)OC1C2CC3C(=O)OC1(C)C3O2.CCC(C)(C)C(=O)OC1C2CC3OC(=O)C1(C)C3C2.CCC(C)(C)C(=O)OC1C2CC3OC(=O)C1C3C2.CCC(C)C(=O)OC1C2CC3C(=O)OC1C3O2.CCC(C)C(=O)OC1C2CC3OC(=O)C1C3C2. The molecule has 22 heteroatoms. The maximum atomic E-state index is 12.3. The number of carbonyl (C=O) groups is 10. The predicted octanol–water partition coefficient (Wildman–Crippen LogP) is 14.2. The van der Waals surface area contributed by atoms with Crippen LogP contribution in [-0.4, -0.2) is 145 Å². The maximum absolute atomic E-state index is 12.3. The predicted molar refractivity (Wildman–Crippen MR) is 379 cm³/mol. The van der Waals surface area contributed by atoms with Gasteiger partial charge in [0.15, 0.2) is 23.9 Å². The first-order valence-electron chi connectivity index (χ1n) is 33.7. The number of fused-ring (bicyclic) bond motifs is 5. The van der Waals surface area contributed by atoms with Crippen LogP contribution < -0.4 is 0 Å². The normalized spacial score (nSPS) is 38.8. The molecule has 6 aliphatic carbocycles. The number of hydrogen-bond acceptors (Lipinski definition) is 22. The van der Waals surface area contributed by atoms with Crippen LogP contribution in [0.25, 0.3) is 0 Å². The summed E-state index contributed by atoms with van der Waals surface area (Å²) in [6.45, 7) is 28.5. The van der Waals surface area contributed by atoms with Crippen LogP contribution >= 0.6 is 0 Å². The second-order valence-corrected chi connectivity index (χ2v) is 30.9. The summed E-state index contributed by atoms with van der Waals surface area (Å²) in [5.41, 5.74) is -2.89. The summed E-state index contributed by atoms with van der Waals surface area (Å²) >= 11 is 0. The lowest BCUT2D eigenvalue weighted by molar-refractivity contribution is -0.177. The van der Waals surface area contributed by atoms with Crippen molar-refractivity contribution in [2.24, 2.45) is 92.7 Å². The van der Waals surface area contributed by atoms with Gasteiger partial charge in [-0.2, -0.15) is 0 Å². The van der Waals surface area contributed by atoms with Gasteiger partial charge in [-0.25, -0.2) is 0 Å². The molecule has 0 radical (unpaired) electrons. The molecule has 0 spiro atoms. The third kappa shape index (κ3) is 15.4. The Morgan fingerprint density at radius 2 is 0.870 bits per heavy atom. The van der Waals surface area contributed by atoms with Crippen LogP contribution in [0, 0.1) is 92.7 Å². The molecule has 100 heavy (non-hydrogen) atoms. The van der Waals surface area contributed by atoms with Crippen molar-refractivity contribution in [3.05, 3.63) is 0 Å². The Kier molecular flexibility index (Phi) is 31.1. The zero-order chi connectivity index (χ0) is 65.4. The number of hydrogen-bond donors (Lipinski definition) is 0. The van der Waals surface area contributed by atoms with Gasteiger partial charge in [-0.05, 0) is 139 Å². The third-order valence-corrected chi connectivity index (χ3v) is 24.4. The van der Waals surface area contributed by atoms with Gasteiger partial charge in [-0.3, -0.25) is 47.9 Å². The first-order chi connectivity index (χ1) is 42.3. The van der Waals surface area contributed by atoms with E-state index in [9.17, 15) is 47.9 Å². The standard InChI is InChI=1S/C15H22O4.C14H20O5.C14H20O4.C13H18O4.C12H16O5.10CH4/c1-5-14(2,3)12(16)19-11-8-6-9-10(7-8)18-13(17)15(9,11)4;1-5-13(2,3)12(16)18-10-8-6-7-9(17-8)14(10,4)19-11(7)15;1-4-14(2,3)13(16)18-11-7-5-8-9(6-7)17-12(15)10(8)11;1-3-6(2)12(14)17-11-7-4-8-9(5-7)16-13(15)10(8)11;1-3-5(2)11(13)16-9-7-4-6-8(15-7)10(9)17-12(6)14;;;;;;;;;;/h8-11H,5-7H2,1-4H3;7-10H,5-6H2,1-4H3;7-11H,4-6H2,1-3H3;6-11H,3-5H2,1-2H3;5-10H,3-4H2,1-2H3;10*1H4. The molecule has 10 bridgehead atoms. The fraction of sp³-hybridized carbons (Fsp3) is 0.872. The van der Waals surface area contributed by atoms with Gasteiger partial charge in [0, 0.05) is 35.5 Å². The summed E-state index contributed by atoms with van der Waals surface area (Å²) < 4.78 is 66.2. The first-order valence-corrected chi connectivity index (χ1v) is 33.7. The Morgan fingerprint density at radius 1 is 0.440 bits per heavy atom. The summed E-state index contributed by atoms with van der Waals surface area (Å²) in [5.74, 6) is -0.990. The highest BCUT2D eigenvalue weighted by Crippen LogP contribution is 2.63. The molecule has 0 aromatic carbocycles. The van der Waals surface area contributed by atoms with Gasteiger partial charge in [0.25, 0.3) is 0 Å². The van der Waals surface area contributed by atoms with E-state index < -0.39 is 39.5 Å². The molecule has 0 amide bonds. The molecule has 0 aromatic rings. The van der Waals surface area contributed by atoms with Crippen LogP contribution in [0.2, 0.25) is 0 Å². The van der Waals surface area contributed by atoms with E-state index in [1.165, 1.54) is 0 Å². The van der Waals surface area contributed by atoms with Gasteiger partial charge in [0.1, 0.15) is 72.2 Å². The largest absolute Gasteiger partial charge is 0.462 e. The molecule has 15 fully saturated rings. The van der Waals surface area contributed by atoms with Crippen molar-refractivity contribution < 1.29 is 105 Å². The van der Waals surface area contributed by atoms with E-state index in [-0.39, 0.29) is 243 Å². The summed E-state index contributed by atoms with van der Waals surface area (Å²) in [5, 5.41) is 0. The fourth-order valence-electron chi connectivity index (χ4n) is 17.0. The zero-order valence-electron chi connectivity index (χ0n) is 55.1. The summed E-state index contributed by atoms with van der Waals surface area (Å²) in [7, 11) is 0. The smallest absolute Gasteiger partial charge is 0.316 e. The Balaban J connectivity index is 0.000000610. The number of esters is 10. The monoisotopic (exact) mass is 1420 g/mol. The van der Waals surface area contributed by atoms with Crippen LogP contribution in [0.1, 0.15) is 262 Å². The molecule has 0 aromatic heterocycles. The average Bonchev–Trinajstić information content (AvgIpc) is 1.55. The second kappa shape index (κ2) is 33.6. The summed E-state index contributed by atoms with van der Waals surface area (Å²) in [4.78, 5) is 119. The van der Waals surface area contributed by atoms with Gasteiger partial charge in [-0.1, -0.05) is 123 Å². The van der Waals surface area contributed by atoms with Crippen LogP contribution in [0.15, 0.2) is 0 Å². The highest BCUT2D eigenvalue weighted by molar-refractivity contribution is 5.84. The van der Waals surface area contributed by atoms with Crippen LogP contribution in [0.4, 0.5) is 0 Å². The van der Waals surface area contributed by atoms with Crippen molar-refractivity contribution in [2.45, 2.75) is 347 Å². The Bertz CT molecular complexity index is 2890. The molecule has 9 heterocycles. The molecule has 9 aliphatic heterocycles. The lowest BCUT2D eigenvalue weighted by Gasteiger charge is -2.34. The van der Waals surface area contributed by atoms with E-state index in [0.29, 0.717) is 48.9 Å². The Hall–Kier alpha value is -5.38. The molecule has 27 unspecified atom stereocenters. The number of carbonyl (C=O) groups excluding carboxylic acids is 10. The Morgan fingerprint density at radius 3 is 1.34 bits per heavy atom. The first kappa shape index (κ1) is 92.6.